The highest BCUT2D eigenvalue weighted by Crippen LogP contribution is 2.31. The molecule has 1 fully saturated rings. The summed E-state index contributed by atoms with van der Waals surface area (Å²) in [5.74, 6) is 2.16. The van der Waals surface area contributed by atoms with Crippen LogP contribution < -0.4 is 10.3 Å². The van der Waals surface area contributed by atoms with Crippen molar-refractivity contribution >= 4 is 10.9 Å². The number of pyridine rings is 1. The summed E-state index contributed by atoms with van der Waals surface area (Å²) >= 11 is 0. The first kappa shape index (κ1) is 23.2. The second kappa shape index (κ2) is 9.62. The van der Waals surface area contributed by atoms with Gasteiger partial charge in [-0.1, -0.05) is 19.1 Å². The van der Waals surface area contributed by atoms with Crippen LogP contribution in [0.1, 0.15) is 53.9 Å². The van der Waals surface area contributed by atoms with Crippen molar-refractivity contribution in [1.29, 1.82) is 0 Å². The molecule has 182 valence electrons. The van der Waals surface area contributed by atoms with Crippen LogP contribution in [0.3, 0.4) is 0 Å². The maximum absolute atomic E-state index is 13.4. The number of piperidine rings is 1. The summed E-state index contributed by atoms with van der Waals surface area (Å²) < 4.78 is 7.10. The molecule has 2 aromatic heterocycles. The van der Waals surface area contributed by atoms with Gasteiger partial charge in [0.05, 0.1) is 13.7 Å². The molecule has 5 rings (SSSR count). The van der Waals surface area contributed by atoms with E-state index in [4.69, 9.17) is 4.74 Å². The molecule has 8 nitrogen and oxygen atoms in total. The molecule has 3 heterocycles. The van der Waals surface area contributed by atoms with Crippen LogP contribution in [0.25, 0.3) is 10.9 Å². The Kier molecular flexibility index (Phi) is 6.38. The number of benzene rings is 2. The van der Waals surface area contributed by atoms with Gasteiger partial charge in [0, 0.05) is 11.1 Å². The lowest BCUT2D eigenvalue weighted by molar-refractivity contribution is 0.149. The van der Waals surface area contributed by atoms with E-state index in [1.807, 2.05) is 41.1 Å². The normalized spacial score (nSPS) is 16.0. The summed E-state index contributed by atoms with van der Waals surface area (Å²) in [5.41, 5.74) is 4.85. The number of aryl methyl sites for hydroxylation is 2. The molecular weight excluding hydrogens is 440 g/mol. The molecule has 1 atom stereocenters. The Balaban J connectivity index is 1.59. The average molecular weight is 473 g/mol. The first-order valence-corrected chi connectivity index (χ1v) is 12.2. The van der Waals surface area contributed by atoms with Crippen molar-refractivity contribution in [2.45, 2.75) is 46.2 Å². The summed E-state index contributed by atoms with van der Waals surface area (Å²) in [6.45, 7) is 8.74. The van der Waals surface area contributed by atoms with Crippen LogP contribution >= 0.6 is 0 Å². The van der Waals surface area contributed by atoms with Crippen molar-refractivity contribution in [3.63, 3.8) is 0 Å². The van der Waals surface area contributed by atoms with Gasteiger partial charge in [-0.15, -0.1) is 5.10 Å². The van der Waals surface area contributed by atoms with E-state index >= 15 is 0 Å². The third kappa shape index (κ3) is 4.71. The quantitative estimate of drug-likeness (QED) is 0.456. The van der Waals surface area contributed by atoms with E-state index in [1.165, 1.54) is 5.56 Å². The number of aromatic amines is 1. The Bertz CT molecular complexity index is 1380. The number of methoxy groups -OCH3 is 1. The largest absolute Gasteiger partial charge is 0.497 e. The summed E-state index contributed by atoms with van der Waals surface area (Å²) in [4.78, 5) is 18.9. The minimum Gasteiger partial charge on any atom is -0.497 e. The van der Waals surface area contributed by atoms with E-state index in [-0.39, 0.29) is 11.6 Å². The number of nitrogens with one attached hydrogen (secondary N) is 1. The highest BCUT2D eigenvalue weighted by Gasteiger charge is 2.32. The number of tetrazole rings is 1. The molecule has 1 aliphatic heterocycles. The molecule has 0 spiro atoms. The van der Waals surface area contributed by atoms with Gasteiger partial charge < -0.3 is 9.72 Å². The smallest absolute Gasteiger partial charge is 0.253 e. The molecule has 1 N–H and O–H groups in total. The number of fused-ring (bicyclic) bond motifs is 1. The molecule has 0 saturated carbocycles. The van der Waals surface area contributed by atoms with Crippen molar-refractivity contribution in [3.05, 3.63) is 80.9 Å². The minimum atomic E-state index is -0.328. The molecule has 1 aliphatic rings. The van der Waals surface area contributed by atoms with Gasteiger partial charge in [0.25, 0.3) is 5.56 Å². The Morgan fingerprint density at radius 2 is 1.80 bits per heavy atom. The van der Waals surface area contributed by atoms with Crippen molar-refractivity contribution in [2.75, 3.05) is 20.2 Å². The van der Waals surface area contributed by atoms with Gasteiger partial charge in [-0.05, 0) is 109 Å². The Morgan fingerprint density at radius 3 is 2.51 bits per heavy atom. The lowest BCUT2D eigenvalue weighted by Gasteiger charge is -2.35. The monoisotopic (exact) mass is 472 g/mol. The molecule has 0 aliphatic carbocycles. The fraction of sp³-hybridized carbons (Fsp3) is 0.407. The summed E-state index contributed by atoms with van der Waals surface area (Å²) in [6.07, 6.45) is 2.17. The number of rotatable bonds is 6. The highest BCUT2D eigenvalue weighted by molar-refractivity contribution is 5.81. The third-order valence-corrected chi connectivity index (χ3v) is 7.26. The Hall–Kier alpha value is -3.52. The Labute approximate surface area is 204 Å². The van der Waals surface area contributed by atoms with Gasteiger partial charge >= 0.3 is 0 Å². The van der Waals surface area contributed by atoms with E-state index in [0.717, 1.165) is 53.7 Å². The molecule has 0 amide bonds. The average Bonchev–Trinajstić information content (AvgIpc) is 3.30. The molecule has 0 unspecified atom stereocenters. The zero-order chi connectivity index (χ0) is 24.5. The number of likely N-dealkylation sites (tertiary alicyclic amines) is 1. The molecule has 2 aromatic carbocycles. The van der Waals surface area contributed by atoms with Crippen LogP contribution in [-0.2, 0) is 6.54 Å². The standard InChI is InChI=1S/C27H32N6O2/c1-17-9-11-32(12-10-17)25(23-15-21-13-18(2)19(3)14-24(21)28-27(23)34)26-29-30-31-33(26)16-20-5-7-22(35-4)8-6-20/h5-8,13-15,17,25H,9-12,16H2,1-4H3,(H,28,34)/t25-/m0/s1. The summed E-state index contributed by atoms with van der Waals surface area (Å²) in [5, 5.41) is 13.8. The van der Waals surface area contributed by atoms with E-state index in [9.17, 15) is 4.79 Å². The molecule has 0 radical (unpaired) electrons. The number of ether oxygens (including phenoxy) is 1. The topological polar surface area (TPSA) is 88.9 Å². The second-order valence-electron chi connectivity index (χ2n) is 9.74. The maximum Gasteiger partial charge on any atom is 0.253 e. The minimum absolute atomic E-state index is 0.0941. The predicted octanol–water partition coefficient (Wildman–Crippen LogP) is 4.01. The van der Waals surface area contributed by atoms with E-state index < -0.39 is 0 Å². The molecule has 4 aromatic rings. The van der Waals surface area contributed by atoms with Crippen LogP contribution in [0, 0.1) is 19.8 Å². The highest BCUT2D eigenvalue weighted by atomic mass is 16.5. The molecule has 35 heavy (non-hydrogen) atoms. The fourth-order valence-electron chi connectivity index (χ4n) is 4.91. The lowest BCUT2D eigenvalue weighted by atomic mass is 9.95. The van der Waals surface area contributed by atoms with Gasteiger partial charge in [-0.25, -0.2) is 4.68 Å². The zero-order valence-corrected chi connectivity index (χ0v) is 20.8. The summed E-state index contributed by atoms with van der Waals surface area (Å²) in [6, 6.07) is 13.8. The zero-order valence-electron chi connectivity index (χ0n) is 20.8. The van der Waals surface area contributed by atoms with Crippen LogP contribution in [0.4, 0.5) is 0 Å². The number of aromatic nitrogens is 5. The molecule has 1 saturated heterocycles. The van der Waals surface area contributed by atoms with Crippen LogP contribution in [0.2, 0.25) is 0 Å². The molecular formula is C27H32N6O2. The molecule has 0 bridgehead atoms. The number of nitrogens with zero attached hydrogens (tertiary/aromatic N) is 5. The van der Waals surface area contributed by atoms with E-state index in [0.29, 0.717) is 23.9 Å². The van der Waals surface area contributed by atoms with Crippen molar-refractivity contribution in [2.24, 2.45) is 5.92 Å². The van der Waals surface area contributed by atoms with Gasteiger partial charge in [0.2, 0.25) is 0 Å². The van der Waals surface area contributed by atoms with E-state index in [2.05, 4.69) is 52.2 Å². The SMILES string of the molecule is COc1ccc(Cn2nnnc2[C@H](c2cc3cc(C)c(C)cc3[nH]c2=O)N2CCC(C)CC2)cc1. The van der Waals surface area contributed by atoms with Gasteiger partial charge in [-0.3, -0.25) is 9.69 Å². The number of hydrogen-bond acceptors (Lipinski definition) is 6. The molecule has 8 heteroatoms. The fourth-order valence-corrected chi connectivity index (χ4v) is 4.91. The summed E-state index contributed by atoms with van der Waals surface area (Å²) in [7, 11) is 1.66. The van der Waals surface area contributed by atoms with Gasteiger partial charge in [0.15, 0.2) is 5.82 Å². The van der Waals surface area contributed by atoms with Gasteiger partial charge in [0.1, 0.15) is 11.8 Å². The maximum atomic E-state index is 13.4. The second-order valence-corrected chi connectivity index (χ2v) is 9.74. The van der Waals surface area contributed by atoms with Crippen molar-refractivity contribution < 1.29 is 4.74 Å². The third-order valence-electron chi connectivity index (χ3n) is 7.26. The Morgan fingerprint density at radius 1 is 1.09 bits per heavy atom. The van der Waals surface area contributed by atoms with Crippen LogP contribution in [-0.4, -0.2) is 50.3 Å². The van der Waals surface area contributed by atoms with Crippen molar-refractivity contribution in [1.82, 2.24) is 30.1 Å². The first-order chi connectivity index (χ1) is 16.9. The van der Waals surface area contributed by atoms with Crippen LogP contribution in [0.5, 0.6) is 5.75 Å². The van der Waals surface area contributed by atoms with Crippen LogP contribution in [0.15, 0.2) is 47.3 Å². The predicted molar refractivity (Wildman–Crippen MR) is 136 cm³/mol. The van der Waals surface area contributed by atoms with Gasteiger partial charge in [-0.2, -0.15) is 0 Å². The van der Waals surface area contributed by atoms with Crippen molar-refractivity contribution in [3.8, 4) is 5.75 Å². The number of hydrogen-bond donors (Lipinski definition) is 1. The number of H-pyrrole nitrogens is 1. The first-order valence-electron chi connectivity index (χ1n) is 12.2. The van der Waals surface area contributed by atoms with E-state index in [1.54, 1.807) is 7.11 Å². The lowest BCUT2D eigenvalue weighted by Crippen LogP contribution is -2.40.